The van der Waals surface area contributed by atoms with Gasteiger partial charge in [-0.3, -0.25) is 0 Å². The summed E-state index contributed by atoms with van der Waals surface area (Å²) in [5.74, 6) is 0.349. The van der Waals surface area contributed by atoms with Crippen molar-refractivity contribution in [3.63, 3.8) is 0 Å². The van der Waals surface area contributed by atoms with Gasteiger partial charge in [-0.25, -0.2) is 9.78 Å². The number of methoxy groups -OCH3 is 1. The van der Waals surface area contributed by atoms with Crippen molar-refractivity contribution in [2.24, 2.45) is 0 Å². The first-order chi connectivity index (χ1) is 11.6. The lowest BCUT2D eigenvalue weighted by molar-refractivity contribution is 0.0526. The van der Waals surface area contributed by atoms with Crippen LogP contribution in [0.4, 0.5) is 5.88 Å². The van der Waals surface area contributed by atoms with Crippen LogP contribution in [0, 0.1) is 6.92 Å². The second kappa shape index (κ2) is 6.19. The molecule has 0 spiro atoms. The van der Waals surface area contributed by atoms with Crippen molar-refractivity contribution >= 4 is 22.9 Å². The standard InChI is InChI=1S/C17H17N3O4/c1-4-23-17(21)12-9(2)19-16-14(15(18)24-20-16)13(12)10-5-7-11(22-3)8-6-10/h5-8H,4,18H2,1-3H3. The average molecular weight is 327 g/mol. The van der Waals surface area contributed by atoms with Crippen LogP contribution in [0.25, 0.3) is 22.2 Å². The Labute approximate surface area is 138 Å². The van der Waals surface area contributed by atoms with E-state index in [0.29, 0.717) is 33.6 Å². The summed E-state index contributed by atoms with van der Waals surface area (Å²) in [6, 6.07) is 7.27. The maximum atomic E-state index is 12.5. The maximum absolute atomic E-state index is 12.5. The Hall–Kier alpha value is -3.09. The Kier molecular flexibility index (Phi) is 4.07. The Bertz CT molecular complexity index is 900. The Morgan fingerprint density at radius 3 is 2.62 bits per heavy atom. The minimum Gasteiger partial charge on any atom is -0.497 e. The number of hydrogen-bond donors (Lipinski definition) is 1. The third-order valence-electron chi connectivity index (χ3n) is 3.69. The van der Waals surface area contributed by atoms with Gasteiger partial charge < -0.3 is 19.7 Å². The van der Waals surface area contributed by atoms with Crippen LogP contribution in [0.2, 0.25) is 0 Å². The van der Waals surface area contributed by atoms with E-state index in [1.807, 2.05) is 12.1 Å². The van der Waals surface area contributed by atoms with Crippen LogP contribution in [-0.4, -0.2) is 29.8 Å². The molecule has 0 radical (unpaired) electrons. The summed E-state index contributed by atoms with van der Waals surface area (Å²) in [7, 11) is 1.59. The molecule has 1 aromatic carbocycles. The predicted octanol–water partition coefficient (Wildman–Crippen LogP) is 2.97. The predicted molar refractivity (Wildman–Crippen MR) is 88.9 cm³/mol. The van der Waals surface area contributed by atoms with E-state index < -0.39 is 5.97 Å². The molecule has 7 heteroatoms. The first-order valence-electron chi connectivity index (χ1n) is 7.43. The second-order valence-corrected chi connectivity index (χ2v) is 5.14. The lowest BCUT2D eigenvalue weighted by Gasteiger charge is -2.13. The lowest BCUT2D eigenvalue weighted by Crippen LogP contribution is -2.10. The fourth-order valence-corrected chi connectivity index (χ4v) is 2.63. The van der Waals surface area contributed by atoms with Crippen LogP contribution in [0.1, 0.15) is 23.0 Å². The third-order valence-corrected chi connectivity index (χ3v) is 3.69. The van der Waals surface area contributed by atoms with Crippen molar-refractivity contribution in [3.05, 3.63) is 35.5 Å². The molecule has 7 nitrogen and oxygen atoms in total. The average Bonchev–Trinajstić information content (AvgIpc) is 2.94. The molecule has 0 aliphatic rings. The van der Waals surface area contributed by atoms with Gasteiger partial charge in [0.05, 0.1) is 30.4 Å². The number of rotatable bonds is 4. The molecule has 0 aliphatic heterocycles. The van der Waals surface area contributed by atoms with E-state index in [0.717, 1.165) is 5.56 Å². The number of carbonyl (C=O) groups excluding carboxylic acids is 1. The third kappa shape index (κ3) is 2.54. The molecule has 0 aliphatic carbocycles. The summed E-state index contributed by atoms with van der Waals surface area (Å²) in [5, 5.41) is 4.35. The number of aromatic nitrogens is 2. The molecule has 0 atom stereocenters. The highest BCUT2D eigenvalue weighted by Gasteiger charge is 2.25. The van der Waals surface area contributed by atoms with E-state index in [9.17, 15) is 4.79 Å². The molecule has 2 heterocycles. The van der Waals surface area contributed by atoms with Crippen molar-refractivity contribution in [1.82, 2.24) is 10.1 Å². The van der Waals surface area contributed by atoms with Gasteiger partial charge >= 0.3 is 5.97 Å². The summed E-state index contributed by atoms with van der Waals surface area (Å²) in [5.41, 5.74) is 8.48. The summed E-state index contributed by atoms with van der Waals surface area (Å²) in [6.07, 6.45) is 0. The molecule has 124 valence electrons. The van der Waals surface area contributed by atoms with Gasteiger partial charge in [0.1, 0.15) is 5.75 Å². The molecule has 0 unspecified atom stereocenters. The van der Waals surface area contributed by atoms with Crippen LogP contribution < -0.4 is 10.5 Å². The number of esters is 1. The molecule has 0 amide bonds. The Morgan fingerprint density at radius 2 is 2.00 bits per heavy atom. The topological polar surface area (TPSA) is 100 Å². The van der Waals surface area contributed by atoms with Crippen LogP contribution in [0.3, 0.4) is 0 Å². The van der Waals surface area contributed by atoms with Gasteiger partial charge in [0.25, 0.3) is 0 Å². The first kappa shape index (κ1) is 15.8. The number of pyridine rings is 1. The summed E-state index contributed by atoms with van der Waals surface area (Å²) < 4.78 is 15.4. The second-order valence-electron chi connectivity index (χ2n) is 5.14. The van der Waals surface area contributed by atoms with E-state index in [4.69, 9.17) is 19.7 Å². The molecular formula is C17H17N3O4. The van der Waals surface area contributed by atoms with E-state index in [2.05, 4.69) is 10.1 Å². The van der Waals surface area contributed by atoms with Gasteiger partial charge in [-0.1, -0.05) is 17.3 Å². The molecule has 0 bridgehead atoms. The fraction of sp³-hybridized carbons (Fsp3) is 0.235. The van der Waals surface area contributed by atoms with E-state index in [1.54, 1.807) is 33.1 Å². The molecule has 2 aromatic heterocycles. The number of nitrogens with zero attached hydrogens (tertiary/aromatic N) is 2. The maximum Gasteiger partial charge on any atom is 0.340 e. The van der Waals surface area contributed by atoms with Crippen molar-refractivity contribution in [1.29, 1.82) is 0 Å². The van der Waals surface area contributed by atoms with Crippen LogP contribution in [0.15, 0.2) is 28.8 Å². The summed E-state index contributed by atoms with van der Waals surface area (Å²) >= 11 is 0. The highest BCUT2D eigenvalue weighted by molar-refractivity contribution is 6.09. The molecule has 2 N–H and O–H groups in total. The van der Waals surface area contributed by atoms with Crippen LogP contribution >= 0.6 is 0 Å². The first-order valence-corrected chi connectivity index (χ1v) is 7.43. The van der Waals surface area contributed by atoms with E-state index in [-0.39, 0.29) is 12.5 Å². The van der Waals surface area contributed by atoms with Gasteiger partial charge in [-0.05, 0) is 31.5 Å². The molecular weight excluding hydrogens is 310 g/mol. The van der Waals surface area contributed by atoms with Gasteiger partial charge in [-0.2, -0.15) is 0 Å². The molecule has 24 heavy (non-hydrogen) atoms. The van der Waals surface area contributed by atoms with E-state index >= 15 is 0 Å². The zero-order valence-corrected chi connectivity index (χ0v) is 13.6. The zero-order chi connectivity index (χ0) is 17.3. The summed E-state index contributed by atoms with van der Waals surface area (Å²) in [6.45, 7) is 3.74. The number of ether oxygens (including phenoxy) is 2. The number of hydrogen-bond acceptors (Lipinski definition) is 7. The number of nitrogens with two attached hydrogens (primary N) is 1. The zero-order valence-electron chi connectivity index (χ0n) is 13.6. The number of aryl methyl sites for hydroxylation is 1. The van der Waals surface area contributed by atoms with Gasteiger partial charge in [-0.15, -0.1) is 0 Å². The van der Waals surface area contributed by atoms with Gasteiger partial charge in [0, 0.05) is 5.56 Å². The lowest BCUT2D eigenvalue weighted by atomic mass is 9.96. The molecule has 3 aromatic rings. The quantitative estimate of drug-likeness (QED) is 0.735. The van der Waals surface area contributed by atoms with Crippen molar-refractivity contribution < 1.29 is 18.8 Å². The van der Waals surface area contributed by atoms with E-state index in [1.165, 1.54) is 0 Å². The SMILES string of the molecule is CCOC(=O)c1c(C)nc2noc(N)c2c1-c1ccc(OC)cc1. The number of nitrogen functional groups attached to an aromatic ring is 1. The molecule has 0 fully saturated rings. The number of anilines is 1. The van der Waals surface area contributed by atoms with Gasteiger partial charge in [0.15, 0.2) is 0 Å². The number of carbonyl (C=O) groups is 1. The normalized spacial score (nSPS) is 10.8. The minimum absolute atomic E-state index is 0.105. The molecule has 3 rings (SSSR count). The number of benzene rings is 1. The van der Waals surface area contributed by atoms with Gasteiger partial charge in [0.2, 0.25) is 11.5 Å². The highest BCUT2D eigenvalue weighted by atomic mass is 16.5. The minimum atomic E-state index is -0.462. The Morgan fingerprint density at radius 1 is 1.29 bits per heavy atom. The number of fused-ring (bicyclic) bond motifs is 1. The fourth-order valence-electron chi connectivity index (χ4n) is 2.63. The van der Waals surface area contributed by atoms with Crippen molar-refractivity contribution in [2.75, 3.05) is 19.5 Å². The molecule has 0 saturated heterocycles. The largest absolute Gasteiger partial charge is 0.497 e. The highest BCUT2D eigenvalue weighted by Crippen LogP contribution is 2.37. The summed E-state index contributed by atoms with van der Waals surface area (Å²) in [4.78, 5) is 16.8. The van der Waals surface area contributed by atoms with Crippen molar-refractivity contribution in [2.45, 2.75) is 13.8 Å². The van der Waals surface area contributed by atoms with Crippen LogP contribution in [-0.2, 0) is 4.74 Å². The van der Waals surface area contributed by atoms with Crippen molar-refractivity contribution in [3.8, 4) is 16.9 Å². The van der Waals surface area contributed by atoms with Crippen LogP contribution in [0.5, 0.6) is 5.75 Å². The monoisotopic (exact) mass is 327 g/mol. The smallest absolute Gasteiger partial charge is 0.340 e. The Balaban J connectivity index is 2.34. The molecule has 0 saturated carbocycles.